The summed E-state index contributed by atoms with van der Waals surface area (Å²) in [6.07, 6.45) is -1.34. The number of benzene rings is 1. The van der Waals surface area contributed by atoms with E-state index in [2.05, 4.69) is 0 Å². The van der Waals surface area contributed by atoms with E-state index in [-0.39, 0.29) is 5.92 Å². The first-order valence-electron chi connectivity index (χ1n) is 4.50. The number of carboxylic acids is 1. The Balaban J connectivity index is 2.89. The summed E-state index contributed by atoms with van der Waals surface area (Å²) in [4.78, 5) is 10.5. The Kier molecular flexibility index (Phi) is 3.25. The fraction of sp³-hybridized carbons (Fsp3) is 0.364. The largest absolute Gasteiger partial charge is 0.479 e. The van der Waals surface area contributed by atoms with Crippen LogP contribution in [0, 0.1) is 6.92 Å². The number of carboxylic acid groups (broad SMARTS) is 1. The van der Waals surface area contributed by atoms with E-state index >= 15 is 0 Å². The van der Waals surface area contributed by atoms with Crippen molar-refractivity contribution >= 4 is 5.97 Å². The zero-order chi connectivity index (χ0) is 10.7. The van der Waals surface area contributed by atoms with Crippen LogP contribution in [-0.2, 0) is 4.79 Å². The molecule has 14 heavy (non-hydrogen) atoms. The summed E-state index contributed by atoms with van der Waals surface area (Å²) in [7, 11) is 0. The Bertz CT molecular complexity index is 333. The Morgan fingerprint density at radius 2 is 2.07 bits per heavy atom. The number of hydrogen-bond acceptors (Lipinski definition) is 2. The summed E-state index contributed by atoms with van der Waals surface area (Å²) in [6, 6.07) is 7.50. The lowest BCUT2D eigenvalue weighted by molar-refractivity contribution is -0.147. The zero-order valence-electron chi connectivity index (χ0n) is 8.27. The van der Waals surface area contributed by atoms with E-state index < -0.39 is 12.1 Å². The molecule has 3 nitrogen and oxygen atoms in total. The molecule has 0 fully saturated rings. The number of rotatable bonds is 3. The summed E-state index contributed by atoms with van der Waals surface area (Å²) in [5, 5.41) is 18.0. The molecule has 1 aromatic carbocycles. The van der Waals surface area contributed by atoms with E-state index in [0.717, 1.165) is 11.1 Å². The normalized spacial score (nSPS) is 14.8. The topological polar surface area (TPSA) is 57.5 Å². The summed E-state index contributed by atoms with van der Waals surface area (Å²) in [6.45, 7) is 3.64. The minimum Gasteiger partial charge on any atom is -0.479 e. The predicted octanol–water partition coefficient (Wildman–Crippen LogP) is 1.54. The Hall–Kier alpha value is -1.35. The number of aryl methyl sites for hydroxylation is 1. The van der Waals surface area contributed by atoms with Crippen molar-refractivity contribution in [1.82, 2.24) is 0 Å². The van der Waals surface area contributed by atoms with E-state index in [0.29, 0.717) is 0 Å². The third-order valence-electron chi connectivity index (χ3n) is 2.29. The molecule has 0 aromatic heterocycles. The van der Waals surface area contributed by atoms with Gasteiger partial charge in [-0.15, -0.1) is 0 Å². The van der Waals surface area contributed by atoms with E-state index in [1.165, 1.54) is 0 Å². The first kappa shape index (κ1) is 10.7. The van der Waals surface area contributed by atoms with E-state index in [1.807, 2.05) is 31.2 Å². The smallest absolute Gasteiger partial charge is 0.333 e. The molecule has 0 saturated heterocycles. The average Bonchev–Trinajstić information content (AvgIpc) is 2.15. The van der Waals surface area contributed by atoms with Crippen LogP contribution in [0.1, 0.15) is 24.0 Å². The summed E-state index contributed by atoms with van der Waals surface area (Å²) < 4.78 is 0. The molecule has 0 heterocycles. The molecule has 0 saturated carbocycles. The second-order valence-electron chi connectivity index (χ2n) is 3.49. The number of aliphatic hydroxyl groups is 1. The number of carbonyl (C=O) groups is 1. The highest BCUT2D eigenvalue weighted by Gasteiger charge is 2.22. The zero-order valence-corrected chi connectivity index (χ0v) is 8.27. The van der Waals surface area contributed by atoms with Gasteiger partial charge in [0, 0.05) is 5.92 Å². The van der Waals surface area contributed by atoms with Crippen molar-refractivity contribution in [3.8, 4) is 0 Å². The molecular weight excluding hydrogens is 180 g/mol. The lowest BCUT2D eigenvalue weighted by Crippen LogP contribution is -2.25. The summed E-state index contributed by atoms with van der Waals surface area (Å²) >= 11 is 0. The van der Waals surface area contributed by atoms with Crippen LogP contribution in [0.3, 0.4) is 0 Å². The van der Waals surface area contributed by atoms with Crippen LogP contribution in [0.4, 0.5) is 0 Å². The maximum Gasteiger partial charge on any atom is 0.333 e. The van der Waals surface area contributed by atoms with Gasteiger partial charge in [-0.25, -0.2) is 4.79 Å². The third-order valence-corrected chi connectivity index (χ3v) is 2.29. The van der Waals surface area contributed by atoms with Crippen molar-refractivity contribution in [3.05, 3.63) is 35.4 Å². The minimum atomic E-state index is -1.34. The van der Waals surface area contributed by atoms with Crippen LogP contribution >= 0.6 is 0 Å². The number of aliphatic hydroxyl groups excluding tert-OH is 1. The highest BCUT2D eigenvalue weighted by molar-refractivity contribution is 5.73. The Morgan fingerprint density at radius 1 is 1.43 bits per heavy atom. The molecule has 0 aliphatic heterocycles. The Morgan fingerprint density at radius 3 is 2.57 bits per heavy atom. The van der Waals surface area contributed by atoms with E-state index in [9.17, 15) is 9.90 Å². The van der Waals surface area contributed by atoms with Gasteiger partial charge in [-0.3, -0.25) is 0 Å². The van der Waals surface area contributed by atoms with Crippen LogP contribution in [-0.4, -0.2) is 22.3 Å². The predicted molar refractivity (Wildman–Crippen MR) is 53.2 cm³/mol. The summed E-state index contributed by atoms with van der Waals surface area (Å²) in [5.41, 5.74) is 1.91. The third kappa shape index (κ3) is 2.33. The maximum absolute atomic E-state index is 10.5. The van der Waals surface area contributed by atoms with Crippen molar-refractivity contribution in [2.24, 2.45) is 0 Å². The molecule has 76 valence electrons. The van der Waals surface area contributed by atoms with Crippen molar-refractivity contribution in [2.75, 3.05) is 0 Å². The van der Waals surface area contributed by atoms with Crippen LogP contribution in [0.5, 0.6) is 0 Å². The standard InChI is InChI=1S/C11H14O3/c1-7-4-3-5-9(6-7)8(2)10(12)11(13)14/h3-6,8,10,12H,1-2H3,(H,13,14). The first-order valence-corrected chi connectivity index (χ1v) is 4.50. The molecule has 0 aliphatic rings. The molecule has 0 radical (unpaired) electrons. The average molecular weight is 194 g/mol. The van der Waals surface area contributed by atoms with Gasteiger partial charge in [0.05, 0.1) is 0 Å². The van der Waals surface area contributed by atoms with Gasteiger partial charge in [0.1, 0.15) is 0 Å². The second kappa shape index (κ2) is 4.24. The fourth-order valence-corrected chi connectivity index (χ4v) is 1.35. The van der Waals surface area contributed by atoms with Gasteiger partial charge in [0.15, 0.2) is 6.10 Å². The quantitative estimate of drug-likeness (QED) is 0.767. The molecule has 0 aliphatic carbocycles. The second-order valence-corrected chi connectivity index (χ2v) is 3.49. The first-order chi connectivity index (χ1) is 6.52. The molecule has 0 bridgehead atoms. The summed E-state index contributed by atoms with van der Waals surface area (Å²) in [5.74, 6) is -1.56. The van der Waals surface area contributed by atoms with Gasteiger partial charge in [-0.1, -0.05) is 36.8 Å². The van der Waals surface area contributed by atoms with Crippen LogP contribution in [0.2, 0.25) is 0 Å². The van der Waals surface area contributed by atoms with Gasteiger partial charge in [0.25, 0.3) is 0 Å². The van der Waals surface area contributed by atoms with E-state index in [1.54, 1.807) is 6.92 Å². The molecule has 2 unspecified atom stereocenters. The van der Waals surface area contributed by atoms with E-state index in [4.69, 9.17) is 5.11 Å². The molecule has 3 heteroatoms. The molecule has 1 rings (SSSR count). The number of aliphatic carboxylic acids is 1. The van der Waals surface area contributed by atoms with Gasteiger partial charge in [-0.05, 0) is 12.5 Å². The van der Waals surface area contributed by atoms with Gasteiger partial charge in [0.2, 0.25) is 0 Å². The minimum absolute atomic E-state index is 0.382. The maximum atomic E-state index is 10.5. The lowest BCUT2D eigenvalue weighted by atomic mass is 9.94. The highest BCUT2D eigenvalue weighted by Crippen LogP contribution is 2.20. The van der Waals surface area contributed by atoms with Crippen molar-refractivity contribution < 1.29 is 15.0 Å². The fourth-order valence-electron chi connectivity index (χ4n) is 1.35. The van der Waals surface area contributed by atoms with Gasteiger partial charge >= 0.3 is 5.97 Å². The van der Waals surface area contributed by atoms with Gasteiger partial charge < -0.3 is 10.2 Å². The van der Waals surface area contributed by atoms with Crippen molar-refractivity contribution in [2.45, 2.75) is 25.9 Å². The molecule has 2 atom stereocenters. The monoisotopic (exact) mass is 194 g/mol. The Labute approximate surface area is 83.0 Å². The number of hydrogen-bond donors (Lipinski definition) is 2. The van der Waals surface area contributed by atoms with Crippen LogP contribution in [0.15, 0.2) is 24.3 Å². The van der Waals surface area contributed by atoms with Crippen LogP contribution in [0.25, 0.3) is 0 Å². The SMILES string of the molecule is Cc1cccc(C(C)C(O)C(=O)O)c1. The molecule has 1 aromatic rings. The molecule has 0 spiro atoms. The molecule has 2 N–H and O–H groups in total. The van der Waals surface area contributed by atoms with Gasteiger partial charge in [-0.2, -0.15) is 0 Å². The highest BCUT2D eigenvalue weighted by atomic mass is 16.4. The molecule has 0 amide bonds. The van der Waals surface area contributed by atoms with Crippen molar-refractivity contribution in [1.29, 1.82) is 0 Å². The lowest BCUT2D eigenvalue weighted by Gasteiger charge is -2.15. The van der Waals surface area contributed by atoms with Crippen LogP contribution < -0.4 is 0 Å². The van der Waals surface area contributed by atoms with Crippen molar-refractivity contribution in [3.63, 3.8) is 0 Å². The molecular formula is C11H14O3.